The molecule has 0 saturated carbocycles. The lowest BCUT2D eigenvalue weighted by molar-refractivity contribution is -0.115. The van der Waals surface area contributed by atoms with Crippen molar-refractivity contribution in [3.63, 3.8) is 0 Å². The highest BCUT2D eigenvalue weighted by atomic mass is 16.5. The molecule has 0 atom stereocenters. The number of phenols is 1. The third-order valence-corrected chi connectivity index (χ3v) is 4.97. The number of benzene rings is 1. The van der Waals surface area contributed by atoms with Crippen LogP contribution < -0.4 is 5.32 Å². The summed E-state index contributed by atoms with van der Waals surface area (Å²) in [6.07, 6.45) is 2.69. The topological polar surface area (TPSA) is 95.9 Å². The minimum Gasteiger partial charge on any atom is -0.507 e. The van der Waals surface area contributed by atoms with Crippen molar-refractivity contribution in [2.45, 2.75) is 32.1 Å². The van der Waals surface area contributed by atoms with Crippen molar-refractivity contribution in [1.29, 1.82) is 0 Å². The van der Waals surface area contributed by atoms with Gasteiger partial charge in [-0.2, -0.15) is 0 Å². The summed E-state index contributed by atoms with van der Waals surface area (Å²) in [4.78, 5) is 37.0. The Morgan fingerprint density at radius 3 is 2.72 bits per heavy atom. The zero-order chi connectivity index (χ0) is 18.0. The molecule has 0 aliphatic carbocycles. The summed E-state index contributed by atoms with van der Waals surface area (Å²) in [6, 6.07) is 3.06. The molecule has 0 bridgehead atoms. The van der Waals surface area contributed by atoms with Crippen LogP contribution >= 0.6 is 0 Å². The molecule has 1 fully saturated rings. The van der Waals surface area contributed by atoms with Crippen LogP contribution in [0.15, 0.2) is 12.1 Å². The molecule has 2 N–H and O–H groups in total. The molecule has 0 unspecified atom stereocenters. The molecule has 134 valence electrons. The quantitative estimate of drug-likeness (QED) is 0.816. The van der Waals surface area contributed by atoms with E-state index in [0.29, 0.717) is 31.1 Å². The summed E-state index contributed by atoms with van der Waals surface area (Å²) in [5.74, 6) is 0.0440. The Morgan fingerprint density at radius 1 is 1.32 bits per heavy atom. The van der Waals surface area contributed by atoms with Crippen LogP contribution in [0.25, 0.3) is 0 Å². The van der Waals surface area contributed by atoms with Crippen LogP contribution in [-0.2, 0) is 16.0 Å². The van der Waals surface area contributed by atoms with E-state index >= 15 is 0 Å². The number of aromatic hydroxyl groups is 1. The van der Waals surface area contributed by atoms with Crippen molar-refractivity contribution in [3.8, 4) is 5.75 Å². The lowest BCUT2D eigenvalue weighted by Crippen LogP contribution is -2.38. The molecule has 0 aromatic heterocycles. The number of piperidine rings is 1. The summed E-state index contributed by atoms with van der Waals surface area (Å²) in [5, 5.41) is 12.7. The van der Waals surface area contributed by atoms with Gasteiger partial charge in [0.1, 0.15) is 5.75 Å². The highest BCUT2D eigenvalue weighted by Gasteiger charge is 2.25. The number of hydrogen-bond acceptors (Lipinski definition) is 5. The SMILES string of the molecule is COC(=O)N1CCC(CCC(=O)c2cc3c(cc2O)NC(=O)C3)CC1. The molecule has 1 aromatic rings. The average molecular weight is 346 g/mol. The van der Waals surface area contributed by atoms with Crippen molar-refractivity contribution < 1.29 is 24.2 Å². The van der Waals surface area contributed by atoms with Gasteiger partial charge >= 0.3 is 6.09 Å². The van der Waals surface area contributed by atoms with Gasteiger partial charge in [0.2, 0.25) is 5.91 Å². The highest BCUT2D eigenvalue weighted by Crippen LogP contribution is 2.32. The molecule has 25 heavy (non-hydrogen) atoms. The molecule has 2 amide bonds. The molecule has 2 aliphatic heterocycles. The van der Waals surface area contributed by atoms with Crippen LogP contribution in [0, 0.1) is 5.92 Å². The van der Waals surface area contributed by atoms with Crippen LogP contribution in [-0.4, -0.2) is 48.0 Å². The number of nitrogens with zero attached hydrogens (tertiary/aromatic N) is 1. The summed E-state index contributed by atoms with van der Waals surface area (Å²) >= 11 is 0. The van der Waals surface area contributed by atoms with Gasteiger partial charge in [0, 0.05) is 31.3 Å². The number of Topliss-reactive ketones (excluding diaryl/α,β-unsaturated/α-hetero) is 1. The molecular formula is C18H22N2O5. The first kappa shape index (κ1) is 17.3. The normalized spacial score (nSPS) is 17.2. The maximum atomic E-state index is 12.5. The number of ether oxygens (including phenoxy) is 1. The standard InChI is InChI=1S/C18H22N2O5/c1-25-18(24)20-6-4-11(5-7-20)2-3-15(21)13-8-12-9-17(23)19-14(12)10-16(13)22/h8,10-11,22H,2-7,9H2,1H3,(H,19,23). The molecule has 2 heterocycles. The van der Waals surface area contributed by atoms with Gasteiger partial charge in [-0.05, 0) is 36.8 Å². The minimum atomic E-state index is -0.305. The zero-order valence-electron chi connectivity index (χ0n) is 14.2. The zero-order valence-corrected chi connectivity index (χ0v) is 14.2. The van der Waals surface area contributed by atoms with Gasteiger partial charge in [0.05, 0.1) is 19.1 Å². The van der Waals surface area contributed by atoms with E-state index in [4.69, 9.17) is 4.74 Å². The third-order valence-electron chi connectivity index (χ3n) is 4.97. The Kier molecular flexibility index (Phi) is 4.92. The van der Waals surface area contributed by atoms with Gasteiger partial charge in [-0.3, -0.25) is 9.59 Å². The number of carbonyl (C=O) groups is 3. The Balaban J connectivity index is 1.55. The fraction of sp³-hybridized carbons (Fsp3) is 0.500. The van der Waals surface area contributed by atoms with Crippen molar-refractivity contribution in [2.75, 3.05) is 25.5 Å². The lowest BCUT2D eigenvalue weighted by atomic mass is 9.90. The number of rotatable bonds is 4. The lowest BCUT2D eigenvalue weighted by Gasteiger charge is -2.30. The number of likely N-dealkylation sites (tertiary alicyclic amines) is 1. The van der Waals surface area contributed by atoms with Gasteiger partial charge in [-0.15, -0.1) is 0 Å². The second-order valence-electron chi connectivity index (χ2n) is 6.61. The maximum absolute atomic E-state index is 12.5. The number of anilines is 1. The largest absolute Gasteiger partial charge is 0.507 e. The molecular weight excluding hydrogens is 324 g/mol. The number of phenolic OH excluding ortho intramolecular Hbond substituents is 1. The molecule has 0 spiro atoms. The van der Waals surface area contributed by atoms with E-state index in [1.165, 1.54) is 13.2 Å². The molecule has 1 aromatic carbocycles. The summed E-state index contributed by atoms with van der Waals surface area (Å²) < 4.78 is 4.71. The van der Waals surface area contributed by atoms with E-state index in [0.717, 1.165) is 24.8 Å². The van der Waals surface area contributed by atoms with Crippen LogP contribution in [0.2, 0.25) is 0 Å². The van der Waals surface area contributed by atoms with E-state index in [2.05, 4.69) is 5.32 Å². The monoisotopic (exact) mass is 346 g/mol. The minimum absolute atomic E-state index is 0.0912. The third kappa shape index (κ3) is 3.75. The first-order chi connectivity index (χ1) is 12.0. The highest BCUT2D eigenvalue weighted by molar-refractivity contribution is 6.04. The number of carbonyl (C=O) groups excluding carboxylic acids is 3. The predicted octanol–water partition coefficient (Wildman–Crippen LogP) is 2.33. The fourth-order valence-electron chi connectivity index (χ4n) is 3.49. The van der Waals surface area contributed by atoms with Crippen molar-refractivity contribution in [1.82, 2.24) is 4.90 Å². The van der Waals surface area contributed by atoms with E-state index in [9.17, 15) is 19.5 Å². The number of methoxy groups -OCH3 is 1. The average Bonchev–Trinajstić information content (AvgIpc) is 2.97. The van der Waals surface area contributed by atoms with Crippen LogP contribution in [0.5, 0.6) is 5.75 Å². The number of ketones is 1. The molecule has 3 rings (SSSR count). The van der Waals surface area contributed by atoms with Gasteiger partial charge in [-0.25, -0.2) is 4.79 Å². The van der Waals surface area contributed by atoms with Gasteiger partial charge in [0.25, 0.3) is 0 Å². The van der Waals surface area contributed by atoms with Gasteiger partial charge < -0.3 is 20.1 Å². The first-order valence-electron chi connectivity index (χ1n) is 8.49. The van der Waals surface area contributed by atoms with Crippen molar-refractivity contribution in [3.05, 3.63) is 23.3 Å². The molecule has 7 nitrogen and oxygen atoms in total. The van der Waals surface area contributed by atoms with E-state index in [-0.39, 0.29) is 35.5 Å². The summed E-state index contributed by atoms with van der Waals surface area (Å²) in [7, 11) is 1.37. The number of amides is 2. The smallest absolute Gasteiger partial charge is 0.409 e. The summed E-state index contributed by atoms with van der Waals surface area (Å²) in [6.45, 7) is 1.28. The molecule has 0 radical (unpaired) electrons. The van der Waals surface area contributed by atoms with E-state index < -0.39 is 0 Å². The Morgan fingerprint density at radius 2 is 2.04 bits per heavy atom. The fourth-order valence-corrected chi connectivity index (χ4v) is 3.49. The predicted molar refractivity (Wildman–Crippen MR) is 90.7 cm³/mol. The van der Waals surface area contributed by atoms with Crippen molar-refractivity contribution >= 4 is 23.5 Å². The first-order valence-corrected chi connectivity index (χ1v) is 8.49. The summed E-state index contributed by atoms with van der Waals surface area (Å²) in [5.41, 5.74) is 1.61. The number of hydrogen-bond donors (Lipinski definition) is 2. The maximum Gasteiger partial charge on any atom is 0.409 e. The Hall–Kier alpha value is -2.57. The van der Waals surface area contributed by atoms with Crippen molar-refractivity contribution in [2.24, 2.45) is 5.92 Å². The van der Waals surface area contributed by atoms with E-state index in [1.807, 2.05) is 0 Å². The Labute approximate surface area is 146 Å². The van der Waals surface area contributed by atoms with Gasteiger partial charge in [0.15, 0.2) is 5.78 Å². The van der Waals surface area contributed by atoms with Gasteiger partial charge in [-0.1, -0.05) is 0 Å². The molecule has 7 heteroatoms. The van der Waals surface area contributed by atoms with Crippen LogP contribution in [0.4, 0.5) is 10.5 Å². The molecule has 2 aliphatic rings. The molecule has 1 saturated heterocycles. The van der Waals surface area contributed by atoms with Crippen LogP contribution in [0.1, 0.15) is 41.6 Å². The second-order valence-corrected chi connectivity index (χ2v) is 6.61. The van der Waals surface area contributed by atoms with Crippen LogP contribution in [0.3, 0.4) is 0 Å². The van der Waals surface area contributed by atoms with E-state index in [1.54, 1.807) is 11.0 Å². The Bertz CT molecular complexity index is 708. The second kappa shape index (κ2) is 7.13. The number of nitrogens with one attached hydrogen (secondary N) is 1. The number of fused-ring (bicyclic) bond motifs is 1.